The number of amides is 1. The minimum absolute atomic E-state index is 0.217. The van der Waals surface area contributed by atoms with E-state index in [4.69, 9.17) is 19.6 Å². The van der Waals surface area contributed by atoms with E-state index < -0.39 is 18.2 Å². The number of anilines is 1. The Hall–Kier alpha value is -3.81. The number of carbonyl (C=O) groups is 2. The van der Waals surface area contributed by atoms with Crippen LogP contribution in [0, 0.1) is 5.92 Å². The first-order valence-electron chi connectivity index (χ1n) is 10.8. The van der Waals surface area contributed by atoms with E-state index in [1.165, 1.54) is 17.7 Å². The molecule has 1 atom stereocenters. The van der Waals surface area contributed by atoms with E-state index in [0.29, 0.717) is 12.5 Å². The zero-order valence-electron chi connectivity index (χ0n) is 18.9. The Kier molecular flexibility index (Phi) is 9.50. The summed E-state index contributed by atoms with van der Waals surface area (Å²) in [4.78, 5) is 40.0. The maximum absolute atomic E-state index is 11.8. The van der Waals surface area contributed by atoms with E-state index in [1.807, 2.05) is 23.6 Å². The van der Waals surface area contributed by atoms with Crippen LogP contribution in [0.15, 0.2) is 48.5 Å². The Morgan fingerprint density at radius 2 is 2.00 bits per heavy atom. The molecule has 36 heavy (non-hydrogen) atoms. The molecule has 1 aliphatic heterocycles. The Labute approximate surface area is 208 Å². The molecule has 4 heterocycles. The number of thiazole rings is 1. The van der Waals surface area contributed by atoms with Crippen LogP contribution in [0.25, 0.3) is 11.3 Å². The zero-order chi connectivity index (χ0) is 26.0. The maximum atomic E-state index is 11.8. The number of nitrogens with zero attached hydrogens (tertiary/aromatic N) is 5. The number of carboxylic acids is 1. The lowest BCUT2D eigenvalue weighted by molar-refractivity contribution is -0.192. The van der Waals surface area contributed by atoms with Gasteiger partial charge in [0.15, 0.2) is 0 Å². The lowest BCUT2D eigenvalue weighted by Crippen LogP contribution is -2.27. The quantitative estimate of drug-likeness (QED) is 0.474. The Bertz CT molecular complexity index is 1120. The highest BCUT2D eigenvalue weighted by molar-refractivity contribution is 7.09. The zero-order valence-corrected chi connectivity index (χ0v) is 19.7. The lowest BCUT2D eigenvalue weighted by Gasteiger charge is -2.18. The summed E-state index contributed by atoms with van der Waals surface area (Å²) in [5, 5.41) is 12.6. The first-order chi connectivity index (χ1) is 17.2. The molecule has 3 aromatic rings. The van der Waals surface area contributed by atoms with Crippen molar-refractivity contribution in [3.63, 3.8) is 0 Å². The number of alkyl halides is 3. The molecule has 1 amide bonds. The second-order valence-electron chi connectivity index (χ2n) is 7.63. The molecule has 0 aromatic carbocycles. The standard InChI is InChI=1S/C20H22N6O2S.C2HF3O2/c27-20(28-13-19-23-7-9-29-19)24-6-4-15-5-8-26(12-15)18-3-1-2-17(25-18)16-10-21-14-22-11-16;3-2(4,5)1(6)7/h1-3,7,9-11,14-15H,4-6,8,12-13H2,(H,24,27);(H,6,7). The van der Waals surface area contributed by atoms with Gasteiger partial charge in [0.2, 0.25) is 0 Å². The van der Waals surface area contributed by atoms with Crippen LogP contribution in [0.5, 0.6) is 0 Å². The number of ether oxygens (including phenoxy) is 1. The molecule has 3 aromatic heterocycles. The molecule has 1 unspecified atom stereocenters. The minimum Gasteiger partial charge on any atom is -0.475 e. The number of hydrogen-bond donors (Lipinski definition) is 2. The number of rotatable bonds is 7. The molecule has 14 heteroatoms. The number of nitrogens with one attached hydrogen (secondary N) is 1. The normalized spacial score (nSPS) is 15.1. The van der Waals surface area contributed by atoms with Crippen LogP contribution < -0.4 is 10.2 Å². The molecule has 10 nitrogen and oxygen atoms in total. The van der Waals surface area contributed by atoms with Gasteiger partial charge < -0.3 is 20.1 Å². The van der Waals surface area contributed by atoms with Gasteiger partial charge in [-0.2, -0.15) is 13.2 Å². The van der Waals surface area contributed by atoms with Gasteiger partial charge in [0.25, 0.3) is 0 Å². The number of carbonyl (C=O) groups excluding carboxylic acids is 1. The molecule has 1 aliphatic rings. The van der Waals surface area contributed by atoms with Gasteiger partial charge in [-0.25, -0.2) is 29.5 Å². The van der Waals surface area contributed by atoms with Crippen molar-refractivity contribution in [2.24, 2.45) is 5.92 Å². The number of aromatic nitrogens is 4. The van der Waals surface area contributed by atoms with Crippen molar-refractivity contribution < 1.29 is 32.6 Å². The van der Waals surface area contributed by atoms with Crippen LogP contribution in [0.2, 0.25) is 0 Å². The summed E-state index contributed by atoms with van der Waals surface area (Å²) in [5.41, 5.74) is 1.78. The molecule has 1 saturated heterocycles. The number of carboxylic acid groups (broad SMARTS) is 1. The van der Waals surface area contributed by atoms with Crippen molar-refractivity contribution in [2.45, 2.75) is 25.6 Å². The topological polar surface area (TPSA) is 130 Å². The molecular formula is C22H23F3N6O4S. The summed E-state index contributed by atoms with van der Waals surface area (Å²) in [5.74, 6) is -1.28. The third-order valence-electron chi connectivity index (χ3n) is 5.08. The van der Waals surface area contributed by atoms with Gasteiger partial charge >= 0.3 is 18.2 Å². The Morgan fingerprint density at radius 1 is 1.25 bits per heavy atom. The van der Waals surface area contributed by atoms with Crippen LogP contribution in [0.4, 0.5) is 23.8 Å². The van der Waals surface area contributed by atoms with E-state index in [9.17, 15) is 18.0 Å². The molecule has 0 bridgehead atoms. The van der Waals surface area contributed by atoms with E-state index in [0.717, 1.165) is 48.0 Å². The summed E-state index contributed by atoms with van der Waals surface area (Å²) in [6.07, 6.45) is 3.27. The summed E-state index contributed by atoms with van der Waals surface area (Å²) < 4.78 is 36.9. The van der Waals surface area contributed by atoms with Crippen molar-refractivity contribution in [3.8, 4) is 11.3 Å². The summed E-state index contributed by atoms with van der Waals surface area (Å²) in [6, 6.07) is 6.01. The summed E-state index contributed by atoms with van der Waals surface area (Å²) >= 11 is 1.47. The van der Waals surface area contributed by atoms with Crippen LogP contribution in [0.3, 0.4) is 0 Å². The molecule has 2 N–H and O–H groups in total. The van der Waals surface area contributed by atoms with Crippen molar-refractivity contribution in [1.82, 2.24) is 25.3 Å². The number of pyridine rings is 1. The predicted molar refractivity (Wildman–Crippen MR) is 124 cm³/mol. The van der Waals surface area contributed by atoms with Crippen LogP contribution >= 0.6 is 11.3 Å². The highest BCUT2D eigenvalue weighted by atomic mass is 32.1. The van der Waals surface area contributed by atoms with Gasteiger partial charge in [-0.1, -0.05) is 6.07 Å². The molecule has 4 rings (SSSR count). The first kappa shape index (κ1) is 26.8. The van der Waals surface area contributed by atoms with E-state index in [2.05, 4.69) is 25.2 Å². The van der Waals surface area contributed by atoms with Gasteiger partial charge in [-0.3, -0.25) is 0 Å². The lowest BCUT2D eigenvalue weighted by atomic mass is 10.1. The summed E-state index contributed by atoms with van der Waals surface area (Å²) in [7, 11) is 0. The SMILES string of the molecule is O=C(NCCC1CCN(c2cccc(-c3cncnc3)n2)C1)OCc1nccs1.O=C(O)C(F)(F)F. The fourth-order valence-corrected chi connectivity index (χ4v) is 3.88. The highest BCUT2D eigenvalue weighted by Crippen LogP contribution is 2.26. The van der Waals surface area contributed by atoms with Crippen LogP contribution in [-0.4, -0.2) is 62.9 Å². The van der Waals surface area contributed by atoms with Crippen molar-refractivity contribution in [2.75, 3.05) is 24.5 Å². The van der Waals surface area contributed by atoms with E-state index in [1.54, 1.807) is 18.6 Å². The maximum Gasteiger partial charge on any atom is 0.490 e. The van der Waals surface area contributed by atoms with E-state index >= 15 is 0 Å². The smallest absolute Gasteiger partial charge is 0.475 e. The monoisotopic (exact) mass is 524 g/mol. The first-order valence-corrected chi connectivity index (χ1v) is 11.7. The van der Waals surface area contributed by atoms with Gasteiger partial charge in [-0.05, 0) is 30.9 Å². The second-order valence-corrected chi connectivity index (χ2v) is 8.61. The Balaban J connectivity index is 0.000000454. The largest absolute Gasteiger partial charge is 0.490 e. The number of aliphatic carboxylic acids is 1. The van der Waals surface area contributed by atoms with Crippen molar-refractivity contribution in [3.05, 3.63) is 53.5 Å². The second kappa shape index (κ2) is 12.8. The molecule has 0 spiro atoms. The van der Waals surface area contributed by atoms with Crippen molar-refractivity contribution >= 4 is 29.2 Å². The van der Waals surface area contributed by atoms with E-state index in [-0.39, 0.29) is 6.61 Å². The number of hydrogen-bond acceptors (Lipinski definition) is 9. The summed E-state index contributed by atoms with van der Waals surface area (Å²) in [6.45, 7) is 2.71. The number of alkyl carbamates (subject to hydrolysis) is 1. The molecule has 0 saturated carbocycles. The average Bonchev–Trinajstić information content (AvgIpc) is 3.56. The number of halogens is 3. The average molecular weight is 525 g/mol. The fourth-order valence-electron chi connectivity index (χ4n) is 3.35. The predicted octanol–water partition coefficient (Wildman–Crippen LogP) is 3.77. The molecule has 1 fully saturated rings. The third-order valence-corrected chi connectivity index (χ3v) is 5.83. The molecular weight excluding hydrogens is 501 g/mol. The van der Waals surface area contributed by atoms with Gasteiger partial charge in [-0.15, -0.1) is 11.3 Å². The van der Waals surface area contributed by atoms with Crippen molar-refractivity contribution in [1.29, 1.82) is 0 Å². The fraction of sp³-hybridized carbons (Fsp3) is 0.364. The highest BCUT2D eigenvalue weighted by Gasteiger charge is 2.38. The molecule has 0 radical (unpaired) electrons. The van der Waals surface area contributed by atoms with Gasteiger partial charge in [0.1, 0.15) is 23.8 Å². The minimum atomic E-state index is -5.08. The Morgan fingerprint density at radius 3 is 2.67 bits per heavy atom. The van der Waals surface area contributed by atoms with Gasteiger partial charge in [0, 0.05) is 49.2 Å². The molecule has 192 valence electrons. The third kappa shape index (κ3) is 8.45. The van der Waals surface area contributed by atoms with Crippen LogP contribution in [0.1, 0.15) is 17.8 Å². The van der Waals surface area contributed by atoms with Gasteiger partial charge in [0.05, 0.1) is 5.69 Å². The molecule has 0 aliphatic carbocycles. The van der Waals surface area contributed by atoms with Crippen LogP contribution in [-0.2, 0) is 16.1 Å².